The second-order valence-corrected chi connectivity index (χ2v) is 5.97. The van der Waals surface area contributed by atoms with E-state index in [1.54, 1.807) is 0 Å². The van der Waals surface area contributed by atoms with Gasteiger partial charge in [0.2, 0.25) is 0 Å². The normalized spacial score (nSPS) is 12.6. The van der Waals surface area contributed by atoms with Crippen molar-refractivity contribution in [2.75, 3.05) is 13.1 Å². The van der Waals surface area contributed by atoms with E-state index in [1.165, 1.54) is 69.2 Å². The molecule has 1 nitrogen and oxygen atoms in total. The van der Waals surface area contributed by atoms with E-state index in [2.05, 4.69) is 50.4 Å². The highest BCUT2D eigenvalue weighted by Gasteiger charge is 2.02. The van der Waals surface area contributed by atoms with Gasteiger partial charge in [-0.1, -0.05) is 57.9 Å². The Kier molecular flexibility index (Phi) is 9.40. The molecule has 0 aliphatic rings. The molecule has 0 aliphatic carbocycles. The molecule has 0 spiro atoms. The average Bonchev–Trinajstić information content (AvgIpc) is 2.50. The lowest BCUT2D eigenvalue weighted by atomic mass is 9.96. The molecule has 0 radical (unpaired) electrons. The van der Waals surface area contributed by atoms with Crippen molar-refractivity contribution in [3.8, 4) is 0 Å². The van der Waals surface area contributed by atoms with Crippen LogP contribution in [-0.2, 0) is 6.42 Å². The first-order valence-corrected chi connectivity index (χ1v) is 8.57. The van der Waals surface area contributed by atoms with Crippen LogP contribution in [0, 0.1) is 0 Å². The van der Waals surface area contributed by atoms with Crippen molar-refractivity contribution >= 4 is 0 Å². The van der Waals surface area contributed by atoms with Crippen LogP contribution in [0.25, 0.3) is 0 Å². The molecule has 0 amide bonds. The zero-order valence-electron chi connectivity index (χ0n) is 13.8. The Morgan fingerprint density at radius 1 is 0.900 bits per heavy atom. The van der Waals surface area contributed by atoms with Crippen LogP contribution in [0.5, 0.6) is 0 Å². The molecule has 1 aromatic rings. The first-order valence-electron chi connectivity index (χ1n) is 8.57. The molecule has 0 saturated carbocycles. The number of aryl methyl sites for hydroxylation is 1. The summed E-state index contributed by atoms with van der Waals surface area (Å²) in [5.41, 5.74) is 2.99. The van der Waals surface area contributed by atoms with Gasteiger partial charge in [0.25, 0.3) is 0 Å². The molecule has 0 aliphatic heterocycles. The maximum Gasteiger partial charge on any atom is -0.00489 e. The van der Waals surface area contributed by atoms with Gasteiger partial charge in [0.1, 0.15) is 0 Å². The zero-order valence-corrected chi connectivity index (χ0v) is 13.8. The van der Waals surface area contributed by atoms with Gasteiger partial charge in [0.05, 0.1) is 0 Å². The van der Waals surface area contributed by atoms with E-state index >= 15 is 0 Å². The van der Waals surface area contributed by atoms with E-state index in [1.807, 2.05) is 0 Å². The van der Waals surface area contributed by atoms with Crippen molar-refractivity contribution in [1.82, 2.24) is 5.32 Å². The summed E-state index contributed by atoms with van der Waals surface area (Å²) < 4.78 is 0. The van der Waals surface area contributed by atoms with E-state index in [-0.39, 0.29) is 0 Å². The van der Waals surface area contributed by atoms with E-state index < -0.39 is 0 Å². The Bertz CT molecular complexity index is 328. The van der Waals surface area contributed by atoms with E-state index in [4.69, 9.17) is 0 Å². The Hall–Kier alpha value is -0.820. The maximum atomic E-state index is 3.47. The largest absolute Gasteiger partial charge is 0.317 e. The summed E-state index contributed by atoms with van der Waals surface area (Å²) in [6, 6.07) is 9.28. The lowest BCUT2D eigenvalue weighted by molar-refractivity contribution is 0.584. The molecule has 1 rings (SSSR count). The number of rotatable bonds is 11. The summed E-state index contributed by atoms with van der Waals surface area (Å²) >= 11 is 0. The smallest absolute Gasteiger partial charge is 0.00489 e. The van der Waals surface area contributed by atoms with E-state index in [0.29, 0.717) is 5.92 Å². The van der Waals surface area contributed by atoms with Crippen LogP contribution in [0.4, 0.5) is 0 Å². The number of hydrogen-bond donors (Lipinski definition) is 1. The molecular formula is C19H33N. The molecule has 1 heteroatoms. The van der Waals surface area contributed by atoms with E-state index in [0.717, 1.165) is 0 Å². The second-order valence-electron chi connectivity index (χ2n) is 5.97. The van der Waals surface area contributed by atoms with Gasteiger partial charge in [-0.3, -0.25) is 0 Å². The number of hydrogen-bond acceptors (Lipinski definition) is 1. The zero-order chi connectivity index (χ0) is 14.6. The maximum absolute atomic E-state index is 3.47. The molecule has 1 unspecified atom stereocenters. The van der Waals surface area contributed by atoms with Crippen LogP contribution >= 0.6 is 0 Å². The standard InChI is InChI=1S/C19H33N/c1-4-15-20-16-9-7-6-8-10-18-11-13-19(14-12-18)17(3)5-2/h11-14,17,20H,4-10,15-16H2,1-3H3. The number of unbranched alkanes of at least 4 members (excludes halogenated alkanes) is 3. The summed E-state index contributed by atoms with van der Waals surface area (Å²) in [6.45, 7) is 9.15. The lowest BCUT2D eigenvalue weighted by Crippen LogP contribution is -2.15. The summed E-state index contributed by atoms with van der Waals surface area (Å²) in [4.78, 5) is 0. The summed E-state index contributed by atoms with van der Waals surface area (Å²) in [7, 11) is 0. The highest BCUT2D eigenvalue weighted by Crippen LogP contribution is 2.19. The van der Waals surface area contributed by atoms with Gasteiger partial charge in [-0.25, -0.2) is 0 Å². The lowest BCUT2D eigenvalue weighted by Gasteiger charge is -2.09. The fourth-order valence-corrected chi connectivity index (χ4v) is 2.48. The van der Waals surface area contributed by atoms with Crippen LogP contribution in [0.1, 0.15) is 76.3 Å². The highest BCUT2D eigenvalue weighted by atomic mass is 14.8. The molecule has 1 atom stereocenters. The minimum atomic E-state index is 0.694. The van der Waals surface area contributed by atoms with Crippen molar-refractivity contribution < 1.29 is 0 Å². The van der Waals surface area contributed by atoms with Crippen molar-refractivity contribution in [1.29, 1.82) is 0 Å². The molecule has 0 heterocycles. The van der Waals surface area contributed by atoms with Gasteiger partial charge < -0.3 is 5.32 Å². The van der Waals surface area contributed by atoms with Crippen LogP contribution in [-0.4, -0.2) is 13.1 Å². The summed E-state index contributed by atoms with van der Waals surface area (Å²) in [5, 5.41) is 3.47. The minimum absolute atomic E-state index is 0.694. The Labute approximate surface area is 126 Å². The van der Waals surface area contributed by atoms with Crippen molar-refractivity contribution in [3.63, 3.8) is 0 Å². The Morgan fingerprint density at radius 2 is 1.60 bits per heavy atom. The van der Waals surface area contributed by atoms with Gasteiger partial charge in [0, 0.05) is 0 Å². The third-order valence-corrected chi connectivity index (χ3v) is 4.16. The monoisotopic (exact) mass is 275 g/mol. The van der Waals surface area contributed by atoms with Gasteiger partial charge in [0.15, 0.2) is 0 Å². The molecule has 0 saturated heterocycles. The fourth-order valence-electron chi connectivity index (χ4n) is 2.48. The van der Waals surface area contributed by atoms with Gasteiger partial charge in [-0.15, -0.1) is 0 Å². The molecule has 20 heavy (non-hydrogen) atoms. The third-order valence-electron chi connectivity index (χ3n) is 4.16. The number of nitrogens with one attached hydrogen (secondary N) is 1. The Morgan fingerprint density at radius 3 is 2.25 bits per heavy atom. The summed E-state index contributed by atoms with van der Waals surface area (Å²) in [5.74, 6) is 0.694. The van der Waals surface area contributed by atoms with Gasteiger partial charge in [-0.2, -0.15) is 0 Å². The predicted molar refractivity (Wildman–Crippen MR) is 90.5 cm³/mol. The highest BCUT2D eigenvalue weighted by molar-refractivity contribution is 5.25. The van der Waals surface area contributed by atoms with Crippen LogP contribution < -0.4 is 5.32 Å². The molecule has 1 N–H and O–H groups in total. The van der Waals surface area contributed by atoms with Crippen molar-refractivity contribution in [3.05, 3.63) is 35.4 Å². The van der Waals surface area contributed by atoms with Gasteiger partial charge >= 0.3 is 0 Å². The quantitative estimate of drug-likeness (QED) is 0.540. The first kappa shape index (κ1) is 17.2. The van der Waals surface area contributed by atoms with E-state index in [9.17, 15) is 0 Å². The van der Waals surface area contributed by atoms with Crippen molar-refractivity contribution in [2.24, 2.45) is 0 Å². The Balaban J connectivity index is 2.10. The molecule has 0 fully saturated rings. The van der Waals surface area contributed by atoms with Crippen molar-refractivity contribution in [2.45, 2.75) is 71.6 Å². The minimum Gasteiger partial charge on any atom is -0.317 e. The first-order chi connectivity index (χ1) is 9.77. The topological polar surface area (TPSA) is 12.0 Å². The predicted octanol–water partition coefficient (Wildman–Crippen LogP) is 5.30. The third kappa shape index (κ3) is 7.09. The molecular weight excluding hydrogens is 242 g/mol. The SMILES string of the molecule is CCCNCCCCCCc1ccc(C(C)CC)cc1. The second kappa shape index (κ2) is 10.9. The van der Waals surface area contributed by atoms with Gasteiger partial charge in [-0.05, 0) is 62.2 Å². The van der Waals surface area contributed by atoms with Crippen LogP contribution in [0.15, 0.2) is 24.3 Å². The molecule has 0 bridgehead atoms. The van der Waals surface area contributed by atoms with Crippen LogP contribution in [0.2, 0.25) is 0 Å². The summed E-state index contributed by atoms with van der Waals surface area (Å²) in [6.07, 6.45) is 9.09. The average molecular weight is 275 g/mol. The molecule has 0 aromatic heterocycles. The molecule has 1 aromatic carbocycles. The van der Waals surface area contributed by atoms with Crippen LogP contribution in [0.3, 0.4) is 0 Å². The number of benzene rings is 1. The fraction of sp³-hybridized carbons (Fsp3) is 0.684. The molecule has 114 valence electrons.